The third kappa shape index (κ3) is 5.87. The Morgan fingerprint density at radius 2 is 1.84 bits per heavy atom. The summed E-state index contributed by atoms with van der Waals surface area (Å²) >= 11 is 0. The van der Waals surface area contributed by atoms with Crippen LogP contribution < -0.4 is 0 Å². The Morgan fingerprint density at radius 3 is 2.51 bits per heavy atom. The van der Waals surface area contributed by atoms with Crippen LogP contribution in [0.5, 0.6) is 0 Å². The van der Waals surface area contributed by atoms with E-state index in [-0.39, 0.29) is 46.1 Å². The van der Waals surface area contributed by atoms with Crippen molar-refractivity contribution < 1.29 is 38.4 Å². The largest absolute Gasteiger partial charge is 0.457 e. The Hall–Kier alpha value is -1.56. The normalized spacial score (nSPS) is 43.6. The molecule has 5 saturated carbocycles. The fourth-order valence-corrected chi connectivity index (χ4v) is 13.9. The van der Waals surface area contributed by atoms with Crippen LogP contribution in [0.2, 0.25) is 0 Å². The van der Waals surface area contributed by atoms with Crippen molar-refractivity contribution in [2.45, 2.75) is 156 Å². The van der Waals surface area contributed by atoms with Crippen LogP contribution in [0.4, 0.5) is 0 Å². The molecule has 2 N–H and O–H groups in total. The number of aromatic nitrogens is 1. The lowest BCUT2D eigenvalue weighted by Gasteiger charge is -2.64. The molecular formula is C41H66N2O8. The highest BCUT2D eigenvalue weighted by molar-refractivity contribution is 5.66. The zero-order chi connectivity index (χ0) is 36.8. The number of rotatable bonds is 11. The highest BCUT2D eigenvalue weighted by atomic mass is 16.7. The third-order valence-corrected chi connectivity index (χ3v) is 16.4. The van der Waals surface area contributed by atoms with Gasteiger partial charge in [0.2, 0.25) is 0 Å². The molecule has 5 aliphatic carbocycles. The van der Waals surface area contributed by atoms with Crippen LogP contribution in [-0.2, 0) is 30.3 Å². The van der Waals surface area contributed by atoms with E-state index in [0.29, 0.717) is 36.2 Å². The summed E-state index contributed by atoms with van der Waals surface area (Å²) in [5.74, 6) is 1.20. The van der Waals surface area contributed by atoms with Crippen molar-refractivity contribution in [1.82, 2.24) is 9.88 Å². The Bertz CT molecular complexity index is 1410. The number of carbonyl (C=O) groups excluding carboxylic acids is 1. The molecule has 6 fully saturated rings. The minimum Gasteiger partial charge on any atom is -0.457 e. The van der Waals surface area contributed by atoms with Crippen LogP contribution in [0.25, 0.3) is 0 Å². The van der Waals surface area contributed by atoms with Crippen molar-refractivity contribution >= 4 is 5.97 Å². The number of methoxy groups -OCH3 is 1. The van der Waals surface area contributed by atoms with Gasteiger partial charge in [-0.2, -0.15) is 0 Å². The predicted octanol–water partition coefficient (Wildman–Crippen LogP) is 6.37. The molecule has 1 aliphatic heterocycles. The van der Waals surface area contributed by atoms with E-state index in [1.807, 2.05) is 0 Å². The van der Waals surface area contributed by atoms with Crippen molar-refractivity contribution in [2.75, 3.05) is 26.8 Å². The number of hydrogen-bond donors (Lipinski definition) is 2. The molecule has 2 heterocycles. The SMILES string of the molecule is COC(C[C@@H](C)[C@H]1C[C@H](O)[C@@]2(C)C3CC[C@H]4C(C)(C)C(O[C@H]5CN(Cc6cocn6)CCO5)CCC45CC35CCC12C)C(OC(C)=O)C(C)(C)O. The highest BCUT2D eigenvalue weighted by Gasteiger charge is 2.83. The summed E-state index contributed by atoms with van der Waals surface area (Å²) in [7, 11) is 1.64. The van der Waals surface area contributed by atoms with Gasteiger partial charge in [0.05, 0.1) is 42.8 Å². The molecule has 13 atom stereocenters. The van der Waals surface area contributed by atoms with Gasteiger partial charge in [0.15, 0.2) is 18.8 Å². The predicted molar refractivity (Wildman–Crippen MR) is 191 cm³/mol. The first-order chi connectivity index (χ1) is 23.9. The van der Waals surface area contributed by atoms with Gasteiger partial charge < -0.3 is 33.6 Å². The number of oxazole rings is 1. The maximum Gasteiger partial charge on any atom is 0.303 e. The van der Waals surface area contributed by atoms with E-state index < -0.39 is 23.8 Å². The molecule has 7 rings (SSSR count). The first kappa shape index (κ1) is 37.7. The number of fused-ring (bicyclic) bond motifs is 2. The molecule has 0 aromatic carbocycles. The number of esters is 1. The van der Waals surface area contributed by atoms with Crippen molar-refractivity contribution in [3.05, 3.63) is 18.4 Å². The fraction of sp³-hybridized carbons (Fsp3) is 0.902. The van der Waals surface area contributed by atoms with Crippen molar-refractivity contribution in [3.8, 4) is 0 Å². The molecule has 0 amide bonds. The molecule has 2 spiro atoms. The topological polar surface area (TPSA) is 124 Å². The highest BCUT2D eigenvalue weighted by Crippen LogP contribution is 2.89. The molecule has 6 aliphatic rings. The van der Waals surface area contributed by atoms with Crippen LogP contribution in [0.15, 0.2) is 17.1 Å². The lowest BCUT2D eigenvalue weighted by atomic mass is 9.41. The third-order valence-electron chi connectivity index (χ3n) is 16.4. The minimum atomic E-state index is -1.24. The quantitative estimate of drug-likeness (QED) is 0.250. The van der Waals surface area contributed by atoms with Crippen LogP contribution in [0, 0.1) is 50.7 Å². The Morgan fingerprint density at radius 1 is 1.12 bits per heavy atom. The van der Waals surface area contributed by atoms with Crippen LogP contribution in [0.3, 0.4) is 0 Å². The summed E-state index contributed by atoms with van der Waals surface area (Å²) < 4.78 is 29.9. The van der Waals surface area contributed by atoms with Gasteiger partial charge in [-0.3, -0.25) is 9.69 Å². The van der Waals surface area contributed by atoms with E-state index >= 15 is 0 Å². The number of nitrogens with zero attached hydrogens (tertiary/aromatic N) is 2. The Kier molecular flexibility index (Phi) is 9.65. The summed E-state index contributed by atoms with van der Waals surface area (Å²) in [6, 6.07) is 0. The average Bonchev–Trinajstić information content (AvgIpc) is 3.31. The molecule has 10 heteroatoms. The molecule has 7 unspecified atom stereocenters. The summed E-state index contributed by atoms with van der Waals surface area (Å²) in [6.45, 7) is 19.9. The second kappa shape index (κ2) is 13.0. The Balaban J connectivity index is 1.06. The molecule has 1 saturated heterocycles. The lowest BCUT2D eigenvalue weighted by Crippen LogP contribution is -2.60. The molecule has 0 radical (unpaired) electrons. The number of carbonyl (C=O) groups is 1. The van der Waals surface area contributed by atoms with E-state index in [4.69, 9.17) is 23.4 Å². The maximum atomic E-state index is 12.2. The van der Waals surface area contributed by atoms with Gasteiger partial charge in [-0.05, 0) is 117 Å². The summed E-state index contributed by atoms with van der Waals surface area (Å²) in [6.07, 6.45) is 11.2. The molecule has 51 heavy (non-hydrogen) atoms. The van der Waals surface area contributed by atoms with Crippen molar-refractivity contribution in [3.63, 3.8) is 0 Å². The van der Waals surface area contributed by atoms with Crippen molar-refractivity contribution in [1.29, 1.82) is 0 Å². The van der Waals surface area contributed by atoms with E-state index in [1.54, 1.807) is 27.2 Å². The second-order valence-electron chi connectivity index (χ2n) is 19.4. The average molecular weight is 715 g/mol. The lowest BCUT2D eigenvalue weighted by molar-refractivity contribution is -0.249. The molecule has 10 nitrogen and oxygen atoms in total. The van der Waals surface area contributed by atoms with Gasteiger partial charge in [0.1, 0.15) is 6.26 Å². The molecule has 0 bridgehead atoms. The van der Waals surface area contributed by atoms with Gasteiger partial charge in [-0.15, -0.1) is 0 Å². The van der Waals surface area contributed by atoms with Gasteiger partial charge in [-0.1, -0.05) is 34.6 Å². The standard InChI is InChI=1S/C41H66N2O8/c1-25(18-29(47-9)35(37(5,6)46)50-26(2)44)28-19-32(45)39(8)31-11-10-30-36(3,4)33(12-13-40(30)23-41(31,40)15-14-38(28,39)7)51-34-21-43(16-17-49-34)20-27-22-48-24-42-27/h22,24-25,28-35,45-46H,10-21,23H2,1-9H3/t25-,28-,29?,30+,31?,32+,33?,34+,35?,38?,39-,40?,41?/m1/s1. The molecule has 1 aromatic heterocycles. The summed E-state index contributed by atoms with van der Waals surface area (Å²) in [5, 5.41) is 23.2. The van der Waals surface area contributed by atoms with Gasteiger partial charge in [-0.25, -0.2) is 4.98 Å². The van der Waals surface area contributed by atoms with E-state index in [1.165, 1.54) is 39.0 Å². The number of aliphatic hydroxyl groups is 2. The molecule has 288 valence electrons. The van der Waals surface area contributed by atoms with Gasteiger partial charge >= 0.3 is 5.97 Å². The van der Waals surface area contributed by atoms with E-state index in [2.05, 4.69) is 44.5 Å². The summed E-state index contributed by atoms with van der Waals surface area (Å²) in [5.41, 5.74) is 0.153. The smallest absolute Gasteiger partial charge is 0.303 e. The Labute approximate surface area is 305 Å². The molecular weight excluding hydrogens is 648 g/mol. The first-order valence-corrected chi connectivity index (χ1v) is 19.9. The number of aliphatic hydroxyl groups excluding tert-OH is 1. The van der Waals surface area contributed by atoms with Gasteiger partial charge in [0, 0.05) is 32.5 Å². The number of morpholine rings is 1. The van der Waals surface area contributed by atoms with E-state index in [9.17, 15) is 15.0 Å². The maximum absolute atomic E-state index is 12.2. The molecule has 1 aromatic rings. The monoisotopic (exact) mass is 714 g/mol. The number of ether oxygens (including phenoxy) is 4. The minimum absolute atomic E-state index is 0.0195. The van der Waals surface area contributed by atoms with Crippen LogP contribution >= 0.6 is 0 Å². The van der Waals surface area contributed by atoms with Crippen molar-refractivity contribution in [2.24, 2.45) is 50.7 Å². The zero-order valence-corrected chi connectivity index (χ0v) is 32.8. The number of hydrogen-bond acceptors (Lipinski definition) is 10. The second-order valence-corrected chi connectivity index (χ2v) is 19.4. The zero-order valence-electron chi connectivity index (χ0n) is 32.8. The van der Waals surface area contributed by atoms with E-state index in [0.717, 1.165) is 51.0 Å². The summed E-state index contributed by atoms with van der Waals surface area (Å²) in [4.78, 5) is 18.7. The van der Waals surface area contributed by atoms with Crippen LogP contribution in [0.1, 0.15) is 119 Å². The van der Waals surface area contributed by atoms with Gasteiger partial charge in [0.25, 0.3) is 0 Å². The van der Waals surface area contributed by atoms with Crippen LogP contribution in [-0.4, -0.2) is 89.2 Å². The fourth-order valence-electron chi connectivity index (χ4n) is 13.9. The first-order valence-electron chi connectivity index (χ1n) is 19.9.